The lowest BCUT2D eigenvalue weighted by molar-refractivity contribution is 0.357. The number of hydrogen-bond acceptors (Lipinski definition) is 2. The minimum Gasteiger partial charge on any atom is -0.257 e. The molecule has 0 aliphatic heterocycles. The average Bonchev–Trinajstić information content (AvgIpc) is 2.83. The Kier molecular flexibility index (Phi) is 9.67. The quantitative estimate of drug-likeness (QED) is 0.538. The third-order valence-electron chi connectivity index (χ3n) is 4.31. The van der Waals surface area contributed by atoms with Crippen molar-refractivity contribution in [1.82, 2.24) is 14.8 Å². The summed E-state index contributed by atoms with van der Waals surface area (Å²) < 4.78 is 1.52. The van der Waals surface area contributed by atoms with Crippen LogP contribution in [0.25, 0.3) is 0 Å². The number of aromatic nitrogens is 3. The van der Waals surface area contributed by atoms with Gasteiger partial charge < -0.3 is 0 Å². The maximum absolute atomic E-state index is 11.8. The number of aromatic amines is 2. The van der Waals surface area contributed by atoms with Gasteiger partial charge in [-0.25, -0.2) is 19.4 Å². The van der Waals surface area contributed by atoms with Gasteiger partial charge in [0.25, 0.3) is 0 Å². The van der Waals surface area contributed by atoms with E-state index in [0.29, 0.717) is 0 Å². The molecule has 1 aromatic rings. The van der Waals surface area contributed by atoms with Gasteiger partial charge in [0.1, 0.15) is 0 Å². The molecular weight excluding hydrogens is 278 g/mol. The van der Waals surface area contributed by atoms with Crippen molar-refractivity contribution in [3.8, 4) is 0 Å². The molecule has 0 amide bonds. The summed E-state index contributed by atoms with van der Waals surface area (Å²) in [7, 11) is 0. The Bertz CT molecular complexity index is 473. The highest BCUT2D eigenvalue weighted by atomic mass is 16.2. The molecule has 0 saturated carbocycles. The highest BCUT2D eigenvalue weighted by Crippen LogP contribution is 2.21. The molecule has 22 heavy (non-hydrogen) atoms. The van der Waals surface area contributed by atoms with Gasteiger partial charge in [0.05, 0.1) is 6.04 Å². The van der Waals surface area contributed by atoms with Crippen LogP contribution in [0.15, 0.2) is 9.59 Å². The molecule has 0 unspecified atom stereocenters. The van der Waals surface area contributed by atoms with Crippen LogP contribution in [0.5, 0.6) is 0 Å². The van der Waals surface area contributed by atoms with Crippen molar-refractivity contribution in [2.75, 3.05) is 0 Å². The Morgan fingerprint density at radius 2 is 1.32 bits per heavy atom. The predicted octanol–water partition coefficient (Wildman–Crippen LogP) is 4.13. The SMILES string of the molecule is CCCCCCCC(CCCCCCC)n1[nH]c(=O)[nH]c1=O. The minimum absolute atomic E-state index is 0.134. The third-order valence-corrected chi connectivity index (χ3v) is 4.31. The van der Waals surface area contributed by atoms with E-state index in [0.717, 1.165) is 25.7 Å². The summed E-state index contributed by atoms with van der Waals surface area (Å²) in [6, 6.07) is 0.134. The molecule has 2 N–H and O–H groups in total. The molecule has 0 aliphatic rings. The van der Waals surface area contributed by atoms with Crippen LogP contribution in [0.3, 0.4) is 0 Å². The van der Waals surface area contributed by atoms with Crippen LogP contribution in [-0.2, 0) is 0 Å². The van der Waals surface area contributed by atoms with Crippen LogP contribution in [-0.4, -0.2) is 14.8 Å². The summed E-state index contributed by atoms with van der Waals surface area (Å²) in [6.07, 6.45) is 14.2. The molecule has 0 bridgehead atoms. The van der Waals surface area contributed by atoms with Crippen molar-refractivity contribution in [2.24, 2.45) is 0 Å². The largest absolute Gasteiger partial charge is 0.344 e. The molecule has 0 aliphatic carbocycles. The molecule has 0 fully saturated rings. The number of nitrogens with zero attached hydrogens (tertiary/aromatic N) is 1. The van der Waals surface area contributed by atoms with Crippen molar-refractivity contribution < 1.29 is 0 Å². The van der Waals surface area contributed by atoms with E-state index in [1.54, 1.807) is 0 Å². The third kappa shape index (κ3) is 7.14. The first kappa shape index (κ1) is 18.8. The van der Waals surface area contributed by atoms with E-state index >= 15 is 0 Å². The molecule has 128 valence electrons. The lowest BCUT2D eigenvalue weighted by atomic mass is 10.0. The molecule has 0 saturated heterocycles. The van der Waals surface area contributed by atoms with Crippen LogP contribution in [0.4, 0.5) is 0 Å². The van der Waals surface area contributed by atoms with Gasteiger partial charge in [0, 0.05) is 0 Å². The molecule has 1 aromatic heterocycles. The van der Waals surface area contributed by atoms with E-state index in [1.165, 1.54) is 56.0 Å². The highest BCUT2D eigenvalue weighted by molar-refractivity contribution is 4.71. The van der Waals surface area contributed by atoms with Gasteiger partial charge in [-0.3, -0.25) is 4.98 Å². The number of unbranched alkanes of at least 4 members (excludes halogenated alkanes) is 8. The van der Waals surface area contributed by atoms with Crippen molar-refractivity contribution in [1.29, 1.82) is 0 Å². The first-order valence-corrected chi connectivity index (χ1v) is 9.09. The fourth-order valence-electron chi connectivity index (χ4n) is 2.97. The molecular formula is C17H33N3O2. The number of nitrogens with one attached hydrogen (secondary N) is 2. The van der Waals surface area contributed by atoms with Gasteiger partial charge in [0.15, 0.2) is 0 Å². The number of H-pyrrole nitrogens is 2. The smallest absolute Gasteiger partial charge is 0.257 e. The summed E-state index contributed by atoms with van der Waals surface area (Å²) in [5.41, 5.74) is -0.691. The Labute approximate surface area is 133 Å². The topological polar surface area (TPSA) is 70.7 Å². The maximum atomic E-state index is 11.8. The fourth-order valence-corrected chi connectivity index (χ4v) is 2.97. The van der Waals surface area contributed by atoms with Crippen LogP contribution in [0.2, 0.25) is 0 Å². The number of rotatable bonds is 13. The highest BCUT2D eigenvalue weighted by Gasteiger charge is 2.14. The van der Waals surface area contributed by atoms with Gasteiger partial charge in [-0.1, -0.05) is 78.1 Å². The van der Waals surface area contributed by atoms with Crippen LogP contribution >= 0.6 is 0 Å². The molecule has 0 spiro atoms. The van der Waals surface area contributed by atoms with Crippen molar-refractivity contribution >= 4 is 0 Å². The molecule has 1 heterocycles. The van der Waals surface area contributed by atoms with Gasteiger partial charge >= 0.3 is 11.4 Å². The average molecular weight is 311 g/mol. The summed E-state index contributed by atoms with van der Waals surface area (Å²) in [5.74, 6) is 0. The van der Waals surface area contributed by atoms with Crippen LogP contribution in [0, 0.1) is 0 Å². The zero-order valence-electron chi connectivity index (χ0n) is 14.3. The molecule has 5 nitrogen and oxygen atoms in total. The Morgan fingerprint density at radius 1 is 0.818 bits per heavy atom. The zero-order valence-corrected chi connectivity index (χ0v) is 14.3. The fraction of sp³-hybridized carbons (Fsp3) is 0.882. The number of hydrogen-bond donors (Lipinski definition) is 2. The normalized spacial score (nSPS) is 11.4. The lowest BCUT2D eigenvalue weighted by Gasteiger charge is -2.17. The van der Waals surface area contributed by atoms with Gasteiger partial charge in [0.2, 0.25) is 0 Å². The first-order valence-electron chi connectivity index (χ1n) is 9.09. The van der Waals surface area contributed by atoms with E-state index in [2.05, 4.69) is 23.9 Å². The molecule has 1 rings (SSSR count). The Hall–Kier alpha value is -1.26. The second-order valence-electron chi connectivity index (χ2n) is 6.30. The van der Waals surface area contributed by atoms with Gasteiger partial charge in [-0.05, 0) is 12.8 Å². The van der Waals surface area contributed by atoms with Crippen LogP contribution in [0.1, 0.15) is 96.9 Å². The molecule has 5 heteroatoms. The monoisotopic (exact) mass is 311 g/mol. The summed E-state index contributed by atoms with van der Waals surface area (Å²) in [6.45, 7) is 4.42. The van der Waals surface area contributed by atoms with Crippen molar-refractivity contribution in [3.63, 3.8) is 0 Å². The molecule has 0 radical (unpaired) electrons. The zero-order chi connectivity index (χ0) is 16.2. The predicted molar refractivity (Wildman–Crippen MR) is 91.5 cm³/mol. The maximum Gasteiger partial charge on any atom is 0.344 e. The first-order chi connectivity index (χ1) is 10.7. The lowest BCUT2D eigenvalue weighted by Crippen LogP contribution is -2.24. The van der Waals surface area contributed by atoms with Crippen molar-refractivity contribution in [2.45, 2.75) is 96.9 Å². The van der Waals surface area contributed by atoms with Crippen LogP contribution < -0.4 is 11.4 Å². The van der Waals surface area contributed by atoms with Gasteiger partial charge in [-0.2, -0.15) is 0 Å². The minimum atomic E-state index is -0.396. The summed E-state index contributed by atoms with van der Waals surface area (Å²) in [4.78, 5) is 25.4. The summed E-state index contributed by atoms with van der Waals surface area (Å²) in [5, 5.41) is 2.64. The van der Waals surface area contributed by atoms with E-state index < -0.39 is 5.69 Å². The van der Waals surface area contributed by atoms with Gasteiger partial charge in [-0.15, -0.1) is 0 Å². The standard InChI is InChI=1S/C17H33N3O2/c1-3-5-7-9-11-13-15(14-12-10-8-6-4-2)20-17(22)18-16(21)19-20/h15H,3-14H2,1-2H3,(H2,18,19,21,22). The molecule has 0 atom stereocenters. The second-order valence-corrected chi connectivity index (χ2v) is 6.30. The second kappa shape index (κ2) is 11.3. The Morgan fingerprint density at radius 3 is 1.73 bits per heavy atom. The summed E-state index contributed by atoms with van der Waals surface area (Å²) >= 11 is 0. The van der Waals surface area contributed by atoms with E-state index in [1.807, 2.05) is 0 Å². The van der Waals surface area contributed by atoms with E-state index in [4.69, 9.17) is 0 Å². The van der Waals surface area contributed by atoms with E-state index in [-0.39, 0.29) is 11.7 Å². The Balaban J connectivity index is 2.48. The van der Waals surface area contributed by atoms with E-state index in [9.17, 15) is 9.59 Å². The molecule has 0 aromatic carbocycles. The van der Waals surface area contributed by atoms with Crippen molar-refractivity contribution in [3.05, 3.63) is 21.0 Å².